The maximum atomic E-state index is 12.1. The molecule has 0 radical (unpaired) electrons. The van der Waals surface area contributed by atoms with E-state index < -0.39 is 11.8 Å². The van der Waals surface area contributed by atoms with E-state index in [0.29, 0.717) is 23.0 Å². The number of amides is 2. The summed E-state index contributed by atoms with van der Waals surface area (Å²) in [6, 6.07) is 16.2. The van der Waals surface area contributed by atoms with Crippen LogP contribution in [-0.2, 0) is 11.3 Å². The lowest BCUT2D eigenvalue weighted by Crippen LogP contribution is -2.31. The summed E-state index contributed by atoms with van der Waals surface area (Å²) in [7, 11) is 1.54. The molecule has 8 nitrogen and oxygen atoms in total. The van der Waals surface area contributed by atoms with Crippen LogP contribution in [0.5, 0.6) is 5.75 Å². The molecular formula is C18H17N5O3S. The molecule has 0 aliphatic rings. The number of tetrazole rings is 1. The van der Waals surface area contributed by atoms with Gasteiger partial charge in [0.15, 0.2) is 0 Å². The van der Waals surface area contributed by atoms with Crippen molar-refractivity contribution in [3.8, 4) is 5.75 Å². The molecule has 0 aliphatic heterocycles. The van der Waals surface area contributed by atoms with Crippen molar-refractivity contribution in [1.82, 2.24) is 25.5 Å². The molecule has 2 aromatic carbocycles. The molecule has 3 rings (SSSR count). The zero-order valence-electron chi connectivity index (χ0n) is 14.5. The van der Waals surface area contributed by atoms with Gasteiger partial charge in [-0.3, -0.25) is 14.9 Å². The molecule has 1 aromatic heterocycles. The van der Waals surface area contributed by atoms with Crippen LogP contribution in [0.15, 0.2) is 59.8 Å². The minimum atomic E-state index is -0.466. The third kappa shape index (κ3) is 5.14. The van der Waals surface area contributed by atoms with Crippen LogP contribution in [0.3, 0.4) is 0 Å². The molecule has 0 saturated carbocycles. The molecule has 0 bridgehead atoms. The van der Waals surface area contributed by atoms with Gasteiger partial charge in [-0.25, -0.2) is 4.68 Å². The van der Waals surface area contributed by atoms with Crippen LogP contribution in [0.4, 0.5) is 0 Å². The second kappa shape index (κ2) is 8.95. The Bertz CT molecular complexity index is 912. The van der Waals surface area contributed by atoms with Crippen molar-refractivity contribution in [2.24, 2.45) is 0 Å². The second-order valence-electron chi connectivity index (χ2n) is 5.50. The van der Waals surface area contributed by atoms with E-state index in [2.05, 4.69) is 20.8 Å². The highest BCUT2D eigenvalue weighted by Crippen LogP contribution is 2.15. The minimum Gasteiger partial charge on any atom is -0.497 e. The average Bonchev–Trinajstić information content (AvgIpc) is 3.14. The number of hydrogen-bond donors (Lipinski definition) is 1. The molecule has 27 heavy (non-hydrogen) atoms. The van der Waals surface area contributed by atoms with E-state index in [1.54, 1.807) is 36.1 Å². The summed E-state index contributed by atoms with van der Waals surface area (Å²) >= 11 is 1.17. The number of rotatable bonds is 7. The van der Waals surface area contributed by atoms with Crippen LogP contribution in [0.2, 0.25) is 0 Å². The van der Waals surface area contributed by atoms with Crippen LogP contribution in [0, 0.1) is 0 Å². The first kappa shape index (κ1) is 18.6. The Morgan fingerprint density at radius 1 is 1.11 bits per heavy atom. The molecule has 2 amide bonds. The molecule has 1 N–H and O–H groups in total. The Balaban J connectivity index is 1.53. The first-order valence-corrected chi connectivity index (χ1v) is 9.05. The Morgan fingerprint density at radius 3 is 2.56 bits per heavy atom. The molecule has 138 valence electrons. The molecule has 0 atom stereocenters. The molecule has 9 heteroatoms. The molecule has 0 aliphatic carbocycles. The number of ether oxygens (including phenoxy) is 1. The van der Waals surface area contributed by atoms with Gasteiger partial charge in [-0.15, -0.1) is 5.10 Å². The van der Waals surface area contributed by atoms with Gasteiger partial charge in [-0.05, 0) is 40.3 Å². The molecule has 0 fully saturated rings. The number of carbonyl (C=O) groups excluding carboxylic acids is 2. The standard InChI is InChI=1S/C18H17N5O3S/c1-26-15-9-7-14(8-10-15)17(25)19-16(24)12-27-18-20-21-22-23(18)11-13-5-3-2-4-6-13/h2-10H,11-12H2,1H3,(H,19,24,25). The van der Waals surface area contributed by atoms with Crippen LogP contribution < -0.4 is 10.1 Å². The summed E-state index contributed by atoms with van der Waals surface area (Å²) in [4.78, 5) is 24.2. The van der Waals surface area contributed by atoms with E-state index in [1.165, 1.54) is 11.8 Å². The maximum absolute atomic E-state index is 12.1. The normalized spacial score (nSPS) is 10.4. The summed E-state index contributed by atoms with van der Waals surface area (Å²) in [5.41, 5.74) is 1.42. The number of benzene rings is 2. The summed E-state index contributed by atoms with van der Waals surface area (Å²) in [6.07, 6.45) is 0. The Morgan fingerprint density at radius 2 is 1.85 bits per heavy atom. The first-order valence-electron chi connectivity index (χ1n) is 8.07. The van der Waals surface area contributed by atoms with E-state index in [0.717, 1.165) is 5.56 Å². The number of thioether (sulfide) groups is 1. The van der Waals surface area contributed by atoms with Crippen LogP contribution in [-0.4, -0.2) is 44.9 Å². The molecule has 3 aromatic rings. The third-order valence-electron chi connectivity index (χ3n) is 3.61. The van der Waals surface area contributed by atoms with Gasteiger partial charge in [0.05, 0.1) is 19.4 Å². The maximum Gasteiger partial charge on any atom is 0.257 e. The number of aromatic nitrogens is 4. The van der Waals surface area contributed by atoms with Gasteiger partial charge >= 0.3 is 0 Å². The fourth-order valence-corrected chi connectivity index (χ4v) is 2.94. The highest BCUT2D eigenvalue weighted by atomic mass is 32.2. The number of imide groups is 1. The van der Waals surface area contributed by atoms with Gasteiger partial charge < -0.3 is 4.74 Å². The third-order valence-corrected chi connectivity index (χ3v) is 4.57. The fraction of sp³-hybridized carbons (Fsp3) is 0.167. The van der Waals surface area contributed by atoms with Crippen LogP contribution in [0.25, 0.3) is 0 Å². The van der Waals surface area contributed by atoms with Crippen molar-refractivity contribution in [2.45, 2.75) is 11.7 Å². The summed E-state index contributed by atoms with van der Waals surface area (Å²) < 4.78 is 6.65. The van der Waals surface area contributed by atoms with Gasteiger partial charge in [0.25, 0.3) is 5.91 Å². The molecular weight excluding hydrogens is 366 g/mol. The number of carbonyl (C=O) groups is 2. The SMILES string of the molecule is COc1ccc(C(=O)NC(=O)CSc2nnnn2Cc2ccccc2)cc1. The van der Waals surface area contributed by atoms with Gasteiger partial charge in [-0.2, -0.15) is 0 Å². The highest BCUT2D eigenvalue weighted by Gasteiger charge is 2.14. The number of hydrogen-bond acceptors (Lipinski definition) is 7. The van der Waals surface area contributed by atoms with Gasteiger partial charge in [0, 0.05) is 5.56 Å². The zero-order valence-corrected chi connectivity index (χ0v) is 15.3. The molecule has 0 unspecified atom stereocenters. The van der Waals surface area contributed by atoms with E-state index in [4.69, 9.17) is 4.74 Å². The van der Waals surface area contributed by atoms with Crippen molar-refractivity contribution in [2.75, 3.05) is 12.9 Å². The van der Waals surface area contributed by atoms with Crippen molar-refractivity contribution >= 4 is 23.6 Å². The highest BCUT2D eigenvalue weighted by molar-refractivity contribution is 7.99. The smallest absolute Gasteiger partial charge is 0.257 e. The van der Waals surface area contributed by atoms with Gasteiger partial charge in [0.1, 0.15) is 5.75 Å². The quantitative estimate of drug-likeness (QED) is 0.621. The van der Waals surface area contributed by atoms with E-state index >= 15 is 0 Å². The Labute approximate surface area is 159 Å². The Kier molecular flexibility index (Phi) is 6.16. The van der Waals surface area contributed by atoms with E-state index in [-0.39, 0.29) is 5.75 Å². The summed E-state index contributed by atoms with van der Waals surface area (Å²) in [6.45, 7) is 0.503. The predicted octanol–water partition coefficient (Wildman–Crippen LogP) is 1.78. The van der Waals surface area contributed by atoms with Crippen molar-refractivity contribution in [1.29, 1.82) is 0 Å². The lowest BCUT2D eigenvalue weighted by Gasteiger charge is -2.06. The van der Waals surface area contributed by atoms with Crippen LogP contribution in [0.1, 0.15) is 15.9 Å². The lowest BCUT2D eigenvalue weighted by molar-refractivity contribution is -0.117. The monoisotopic (exact) mass is 383 g/mol. The van der Waals surface area contributed by atoms with Crippen molar-refractivity contribution < 1.29 is 14.3 Å². The summed E-state index contributed by atoms with van der Waals surface area (Å²) in [5.74, 6) is -0.224. The molecule has 1 heterocycles. The fourth-order valence-electron chi connectivity index (χ4n) is 2.26. The zero-order chi connectivity index (χ0) is 19.1. The van der Waals surface area contributed by atoms with Crippen molar-refractivity contribution in [3.05, 3.63) is 65.7 Å². The number of nitrogens with zero attached hydrogens (tertiary/aromatic N) is 4. The summed E-state index contributed by atoms with van der Waals surface area (Å²) in [5, 5.41) is 14.4. The Hall–Kier alpha value is -3.20. The lowest BCUT2D eigenvalue weighted by atomic mass is 10.2. The molecule has 0 spiro atoms. The molecule has 0 saturated heterocycles. The van der Waals surface area contributed by atoms with E-state index in [1.807, 2.05) is 30.3 Å². The minimum absolute atomic E-state index is 0.0249. The first-order chi connectivity index (χ1) is 13.2. The average molecular weight is 383 g/mol. The number of methoxy groups -OCH3 is 1. The number of nitrogens with one attached hydrogen (secondary N) is 1. The largest absolute Gasteiger partial charge is 0.497 e. The second-order valence-corrected chi connectivity index (χ2v) is 6.44. The van der Waals surface area contributed by atoms with Crippen molar-refractivity contribution in [3.63, 3.8) is 0 Å². The van der Waals surface area contributed by atoms with Gasteiger partial charge in [-0.1, -0.05) is 42.1 Å². The van der Waals surface area contributed by atoms with E-state index in [9.17, 15) is 9.59 Å². The predicted molar refractivity (Wildman–Crippen MR) is 99.6 cm³/mol. The topological polar surface area (TPSA) is 99.0 Å². The van der Waals surface area contributed by atoms with Gasteiger partial charge in [0.2, 0.25) is 11.1 Å². The van der Waals surface area contributed by atoms with Crippen LogP contribution >= 0.6 is 11.8 Å².